The van der Waals surface area contributed by atoms with Crippen LogP contribution in [-0.2, 0) is 14.8 Å². The van der Waals surface area contributed by atoms with Gasteiger partial charge in [-0.15, -0.1) is 0 Å². The summed E-state index contributed by atoms with van der Waals surface area (Å²) in [5, 5.41) is 7.02. The summed E-state index contributed by atoms with van der Waals surface area (Å²) in [6.07, 6.45) is 6.54. The average molecular weight is 452 g/mol. The number of anilines is 1. The first-order valence-corrected chi connectivity index (χ1v) is 11.7. The Kier molecular flexibility index (Phi) is 6.50. The summed E-state index contributed by atoms with van der Waals surface area (Å²) in [7, 11) is -1.62. The number of aromatic nitrogens is 2. The van der Waals surface area contributed by atoms with Gasteiger partial charge >= 0.3 is 0 Å². The van der Waals surface area contributed by atoms with Gasteiger partial charge in [0, 0.05) is 49.7 Å². The van der Waals surface area contributed by atoms with Crippen LogP contribution < -0.4 is 5.32 Å². The third kappa shape index (κ3) is 5.13. The van der Waals surface area contributed by atoms with Gasteiger partial charge in [-0.1, -0.05) is 24.3 Å². The number of nitrogens with one attached hydrogen (secondary N) is 1. The van der Waals surface area contributed by atoms with Crippen LogP contribution in [0.25, 0.3) is 11.8 Å². The van der Waals surface area contributed by atoms with Crippen molar-refractivity contribution in [3.8, 4) is 5.69 Å². The first-order valence-electron chi connectivity index (χ1n) is 10.3. The zero-order valence-corrected chi connectivity index (χ0v) is 18.6. The largest absolute Gasteiger partial charge is 0.322 e. The van der Waals surface area contributed by atoms with Crippen LogP contribution in [0.3, 0.4) is 0 Å². The third-order valence-electron chi connectivity index (χ3n) is 5.25. The van der Waals surface area contributed by atoms with E-state index >= 15 is 0 Å². The van der Waals surface area contributed by atoms with E-state index in [1.165, 1.54) is 16.4 Å². The standard InChI is InChI=1S/C23H25N5O3S/c1-26-12-14-27(15-13-26)32(30,31)22-9-5-6-20(16-22)25-23(29)11-10-19-17-24-28(18-19)21-7-3-2-4-8-21/h2-11,16-18H,12-15H2,1H3,(H,25,29). The number of hydrogen-bond acceptors (Lipinski definition) is 5. The van der Waals surface area contributed by atoms with Crippen LogP contribution in [0.1, 0.15) is 5.56 Å². The molecule has 0 atom stereocenters. The van der Waals surface area contributed by atoms with Gasteiger partial charge in [-0.2, -0.15) is 9.40 Å². The highest BCUT2D eigenvalue weighted by molar-refractivity contribution is 7.89. The Morgan fingerprint density at radius 2 is 1.78 bits per heavy atom. The van der Waals surface area contributed by atoms with Crippen molar-refractivity contribution in [1.82, 2.24) is 19.0 Å². The predicted molar refractivity (Wildman–Crippen MR) is 124 cm³/mol. The van der Waals surface area contributed by atoms with Crippen molar-refractivity contribution in [2.45, 2.75) is 4.90 Å². The molecule has 0 bridgehead atoms. The average Bonchev–Trinajstić information content (AvgIpc) is 3.28. The third-order valence-corrected chi connectivity index (χ3v) is 7.15. The Bertz CT molecular complexity index is 1210. The number of likely N-dealkylation sites (N-methyl/N-ethyl adjacent to an activating group) is 1. The topological polar surface area (TPSA) is 87.5 Å². The summed E-state index contributed by atoms with van der Waals surface area (Å²) in [6, 6.07) is 16.0. The molecule has 0 unspecified atom stereocenters. The number of hydrogen-bond donors (Lipinski definition) is 1. The van der Waals surface area contributed by atoms with Crippen LogP contribution in [0.5, 0.6) is 0 Å². The molecule has 32 heavy (non-hydrogen) atoms. The lowest BCUT2D eigenvalue weighted by Gasteiger charge is -2.31. The summed E-state index contributed by atoms with van der Waals surface area (Å²) >= 11 is 0. The molecule has 3 aromatic rings. The summed E-state index contributed by atoms with van der Waals surface area (Å²) < 4.78 is 29.1. The first kappa shape index (κ1) is 21.9. The van der Waals surface area contributed by atoms with Gasteiger partial charge in [0.2, 0.25) is 15.9 Å². The normalized spacial score (nSPS) is 15.8. The van der Waals surface area contributed by atoms with Crippen molar-refractivity contribution >= 4 is 27.7 Å². The highest BCUT2D eigenvalue weighted by Gasteiger charge is 2.27. The van der Waals surface area contributed by atoms with E-state index in [2.05, 4.69) is 15.3 Å². The molecule has 9 heteroatoms. The molecule has 0 radical (unpaired) electrons. The van der Waals surface area contributed by atoms with Crippen LogP contribution in [0, 0.1) is 0 Å². The van der Waals surface area contributed by atoms with E-state index in [1.807, 2.05) is 43.6 Å². The molecule has 1 aliphatic rings. The molecule has 4 rings (SSSR count). The smallest absolute Gasteiger partial charge is 0.248 e. The quantitative estimate of drug-likeness (QED) is 0.582. The fraction of sp³-hybridized carbons (Fsp3) is 0.217. The number of carbonyl (C=O) groups is 1. The summed E-state index contributed by atoms with van der Waals surface area (Å²) in [4.78, 5) is 14.6. The molecule has 1 fully saturated rings. The lowest BCUT2D eigenvalue weighted by atomic mass is 10.3. The van der Waals surface area contributed by atoms with E-state index in [1.54, 1.807) is 35.2 Å². The number of para-hydroxylation sites is 1. The molecular weight excluding hydrogens is 426 g/mol. The second-order valence-corrected chi connectivity index (χ2v) is 9.55. The van der Waals surface area contributed by atoms with E-state index in [-0.39, 0.29) is 10.8 Å². The SMILES string of the molecule is CN1CCN(S(=O)(=O)c2cccc(NC(=O)C=Cc3cnn(-c4ccccc4)c3)c2)CC1. The van der Waals surface area contributed by atoms with Crippen LogP contribution in [0.15, 0.2) is 78.0 Å². The molecule has 2 heterocycles. The summed E-state index contributed by atoms with van der Waals surface area (Å²) in [5.74, 6) is -0.355. The molecule has 1 aliphatic heterocycles. The molecule has 0 spiro atoms. The van der Waals surface area contributed by atoms with Gasteiger partial charge in [0.25, 0.3) is 0 Å². The Morgan fingerprint density at radius 3 is 2.53 bits per heavy atom. The molecule has 0 aliphatic carbocycles. The van der Waals surface area contributed by atoms with Crippen molar-refractivity contribution in [3.05, 3.63) is 78.6 Å². The highest BCUT2D eigenvalue weighted by Crippen LogP contribution is 2.21. The molecule has 166 valence electrons. The number of piperazine rings is 1. The minimum Gasteiger partial charge on any atom is -0.322 e. The van der Waals surface area contributed by atoms with Crippen molar-refractivity contribution in [2.24, 2.45) is 0 Å². The van der Waals surface area contributed by atoms with Crippen molar-refractivity contribution < 1.29 is 13.2 Å². The highest BCUT2D eigenvalue weighted by atomic mass is 32.2. The van der Waals surface area contributed by atoms with E-state index < -0.39 is 10.0 Å². The van der Waals surface area contributed by atoms with Crippen LogP contribution >= 0.6 is 0 Å². The Balaban J connectivity index is 1.41. The van der Waals surface area contributed by atoms with Crippen molar-refractivity contribution in [3.63, 3.8) is 0 Å². The molecule has 8 nitrogen and oxygen atoms in total. The van der Waals surface area contributed by atoms with Gasteiger partial charge in [0.15, 0.2) is 0 Å². The summed E-state index contributed by atoms with van der Waals surface area (Å²) in [6.45, 7) is 2.30. The maximum atomic E-state index is 12.9. The molecule has 1 saturated heterocycles. The van der Waals surface area contributed by atoms with Gasteiger partial charge in [-0.3, -0.25) is 4.79 Å². The van der Waals surface area contributed by atoms with Crippen molar-refractivity contribution in [2.75, 3.05) is 38.5 Å². The number of sulfonamides is 1. The van der Waals surface area contributed by atoms with Gasteiger partial charge in [-0.05, 0) is 43.5 Å². The molecular formula is C23H25N5O3S. The zero-order valence-electron chi connectivity index (χ0n) is 17.8. The Hall–Kier alpha value is -3.27. The van der Waals surface area contributed by atoms with Crippen LogP contribution in [-0.4, -0.2) is 66.5 Å². The van der Waals surface area contributed by atoms with Gasteiger partial charge in [-0.25, -0.2) is 13.1 Å². The molecule has 1 aromatic heterocycles. The minimum atomic E-state index is -3.60. The number of carbonyl (C=O) groups excluding carboxylic acids is 1. The second-order valence-electron chi connectivity index (χ2n) is 7.61. The fourth-order valence-electron chi connectivity index (χ4n) is 3.41. The lowest BCUT2D eigenvalue weighted by molar-refractivity contribution is -0.111. The monoisotopic (exact) mass is 451 g/mol. The Labute approximate surface area is 187 Å². The minimum absolute atomic E-state index is 0.174. The van der Waals surface area contributed by atoms with E-state index in [4.69, 9.17) is 0 Å². The number of nitrogens with zero attached hydrogens (tertiary/aromatic N) is 4. The molecule has 1 N–H and O–H groups in total. The van der Waals surface area contributed by atoms with E-state index in [0.29, 0.717) is 31.9 Å². The molecule has 1 amide bonds. The van der Waals surface area contributed by atoms with Crippen LogP contribution in [0.2, 0.25) is 0 Å². The zero-order chi connectivity index (χ0) is 22.6. The maximum absolute atomic E-state index is 12.9. The number of amides is 1. The van der Waals surface area contributed by atoms with Gasteiger partial charge in [0.05, 0.1) is 16.8 Å². The summed E-state index contributed by atoms with van der Waals surface area (Å²) in [5.41, 5.74) is 2.13. The maximum Gasteiger partial charge on any atom is 0.248 e. The second kappa shape index (κ2) is 9.47. The predicted octanol–water partition coefficient (Wildman–Crippen LogP) is 2.46. The van der Waals surface area contributed by atoms with E-state index in [0.717, 1.165) is 11.3 Å². The number of benzene rings is 2. The molecule has 0 saturated carbocycles. The van der Waals surface area contributed by atoms with Gasteiger partial charge < -0.3 is 10.2 Å². The fourth-order valence-corrected chi connectivity index (χ4v) is 4.88. The van der Waals surface area contributed by atoms with E-state index in [9.17, 15) is 13.2 Å². The first-order chi connectivity index (χ1) is 15.4. The van der Waals surface area contributed by atoms with Crippen LogP contribution in [0.4, 0.5) is 5.69 Å². The van der Waals surface area contributed by atoms with Gasteiger partial charge in [0.1, 0.15) is 0 Å². The lowest BCUT2D eigenvalue weighted by Crippen LogP contribution is -2.47. The molecule has 2 aromatic carbocycles. The Morgan fingerprint density at radius 1 is 1.03 bits per heavy atom. The number of rotatable bonds is 6. The van der Waals surface area contributed by atoms with Crippen molar-refractivity contribution in [1.29, 1.82) is 0 Å².